The number of hydrogen-bond donors (Lipinski definition) is 1. The van der Waals surface area contributed by atoms with Gasteiger partial charge >= 0.3 is 0 Å². The number of hydrogen-bond acceptors (Lipinski definition) is 3. The molecule has 0 amide bonds. The highest BCUT2D eigenvalue weighted by Crippen LogP contribution is 2.43. The van der Waals surface area contributed by atoms with Gasteiger partial charge in [0.25, 0.3) is 0 Å². The molecule has 118 valence electrons. The highest BCUT2D eigenvalue weighted by Gasteiger charge is 2.41. The third-order valence-electron chi connectivity index (χ3n) is 4.71. The van der Waals surface area contributed by atoms with Crippen molar-refractivity contribution in [3.63, 3.8) is 0 Å². The number of aliphatic hydroxyl groups is 1. The molecule has 1 unspecified atom stereocenters. The van der Waals surface area contributed by atoms with Crippen molar-refractivity contribution >= 4 is 0 Å². The van der Waals surface area contributed by atoms with Crippen LogP contribution in [0.2, 0.25) is 0 Å². The normalized spacial score (nSPS) is 19.3. The van der Waals surface area contributed by atoms with Gasteiger partial charge in [-0.25, -0.2) is 0 Å². The Morgan fingerprint density at radius 3 is 2.38 bits per heavy atom. The van der Waals surface area contributed by atoms with E-state index in [-0.39, 0.29) is 0 Å². The maximum atomic E-state index is 11.0. The fourth-order valence-corrected chi connectivity index (χ4v) is 3.54. The van der Waals surface area contributed by atoms with Gasteiger partial charge in [0, 0.05) is 6.61 Å². The molecule has 0 saturated heterocycles. The van der Waals surface area contributed by atoms with Gasteiger partial charge in [-0.15, -0.1) is 0 Å². The molecule has 1 atom stereocenters. The van der Waals surface area contributed by atoms with Crippen LogP contribution < -0.4 is 4.74 Å². The molecule has 1 saturated carbocycles. The fraction of sp³-hybridized carbons (Fsp3) is 0.667. The van der Waals surface area contributed by atoms with Gasteiger partial charge in [0.05, 0.1) is 12.7 Å². The fourth-order valence-electron chi connectivity index (χ4n) is 3.54. The van der Waals surface area contributed by atoms with Crippen molar-refractivity contribution in [2.45, 2.75) is 64.6 Å². The van der Waals surface area contributed by atoms with Crippen LogP contribution in [0.5, 0.6) is 5.75 Å². The number of rotatable bonds is 5. The summed E-state index contributed by atoms with van der Waals surface area (Å²) in [5, 5.41) is 11.0. The summed E-state index contributed by atoms with van der Waals surface area (Å²) in [4.78, 5) is 0. The standard InChI is InChI=1S/C18H28O3/c1-5-21-18(9-7-6-8-10-18)17(19)15-11-14(3)16(20-4)12-13(15)2/h11-12,17,19H,5-10H2,1-4H3. The molecule has 3 heteroatoms. The van der Waals surface area contributed by atoms with Crippen molar-refractivity contribution in [3.05, 3.63) is 28.8 Å². The van der Waals surface area contributed by atoms with E-state index in [1.165, 1.54) is 6.42 Å². The quantitative estimate of drug-likeness (QED) is 0.888. The van der Waals surface area contributed by atoms with Gasteiger partial charge in [-0.3, -0.25) is 0 Å². The van der Waals surface area contributed by atoms with Crippen LogP contribution in [0.15, 0.2) is 12.1 Å². The van der Waals surface area contributed by atoms with E-state index in [2.05, 4.69) is 0 Å². The van der Waals surface area contributed by atoms with Crippen LogP contribution in [-0.2, 0) is 4.74 Å². The molecule has 1 N–H and O–H groups in total. The number of benzene rings is 1. The van der Waals surface area contributed by atoms with Gasteiger partial charge in [-0.2, -0.15) is 0 Å². The number of aliphatic hydroxyl groups excluding tert-OH is 1. The Balaban J connectivity index is 2.36. The maximum Gasteiger partial charge on any atom is 0.122 e. The monoisotopic (exact) mass is 292 g/mol. The molecular weight excluding hydrogens is 264 g/mol. The lowest BCUT2D eigenvalue weighted by Gasteiger charge is -2.41. The highest BCUT2D eigenvalue weighted by molar-refractivity contribution is 5.43. The summed E-state index contributed by atoms with van der Waals surface area (Å²) in [6.45, 7) is 6.70. The molecule has 1 aromatic rings. The third-order valence-corrected chi connectivity index (χ3v) is 4.71. The van der Waals surface area contributed by atoms with E-state index in [1.807, 2.05) is 32.9 Å². The summed E-state index contributed by atoms with van der Waals surface area (Å²) in [7, 11) is 1.68. The second-order valence-corrected chi connectivity index (χ2v) is 6.14. The van der Waals surface area contributed by atoms with Crippen molar-refractivity contribution in [1.29, 1.82) is 0 Å². The van der Waals surface area contributed by atoms with Crippen molar-refractivity contribution in [2.24, 2.45) is 0 Å². The zero-order valence-electron chi connectivity index (χ0n) is 13.7. The van der Waals surface area contributed by atoms with Gasteiger partial charge in [-0.05, 0) is 62.4 Å². The smallest absolute Gasteiger partial charge is 0.122 e. The molecule has 21 heavy (non-hydrogen) atoms. The molecule has 3 nitrogen and oxygen atoms in total. The lowest BCUT2D eigenvalue weighted by atomic mass is 9.77. The number of methoxy groups -OCH3 is 1. The second-order valence-electron chi connectivity index (χ2n) is 6.14. The van der Waals surface area contributed by atoms with E-state index >= 15 is 0 Å². The van der Waals surface area contributed by atoms with Crippen molar-refractivity contribution in [2.75, 3.05) is 13.7 Å². The Kier molecular flexibility index (Phi) is 5.28. The van der Waals surface area contributed by atoms with Crippen LogP contribution in [0.25, 0.3) is 0 Å². The number of ether oxygens (including phenoxy) is 2. The minimum Gasteiger partial charge on any atom is -0.496 e. The van der Waals surface area contributed by atoms with Crippen LogP contribution in [0, 0.1) is 13.8 Å². The molecule has 0 radical (unpaired) electrons. The van der Waals surface area contributed by atoms with Gasteiger partial charge < -0.3 is 14.6 Å². The molecule has 1 fully saturated rings. The summed E-state index contributed by atoms with van der Waals surface area (Å²) in [6, 6.07) is 4.06. The molecule has 1 aliphatic rings. The van der Waals surface area contributed by atoms with Crippen LogP contribution in [0.4, 0.5) is 0 Å². The Bertz CT molecular complexity index is 470. The molecular formula is C18H28O3. The van der Waals surface area contributed by atoms with Crippen molar-refractivity contribution in [3.8, 4) is 5.75 Å². The molecule has 1 aromatic carbocycles. The van der Waals surface area contributed by atoms with Gasteiger partial charge in [0.1, 0.15) is 11.9 Å². The SMILES string of the molecule is CCOC1(C(O)c2cc(C)c(OC)cc2C)CCCCC1. The molecule has 1 aliphatic carbocycles. The van der Waals surface area contributed by atoms with Crippen LogP contribution in [0.3, 0.4) is 0 Å². The first kappa shape index (κ1) is 16.3. The Labute approximate surface area is 128 Å². The minimum atomic E-state index is -0.567. The van der Waals surface area contributed by atoms with E-state index in [1.54, 1.807) is 7.11 Å². The van der Waals surface area contributed by atoms with Crippen LogP contribution >= 0.6 is 0 Å². The van der Waals surface area contributed by atoms with E-state index in [4.69, 9.17) is 9.47 Å². The Hall–Kier alpha value is -1.06. The van der Waals surface area contributed by atoms with Gasteiger partial charge in [-0.1, -0.05) is 19.3 Å². The molecule has 0 bridgehead atoms. The average Bonchev–Trinajstić information content (AvgIpc) is 2.49. The minimum absolute atomic E-state index is 0.418. The predicted molar refractivity (Wildman–Crippen MR) is 84.9 cm³/mol. The van der Waals surface area contributed by atoms with Gasteiger partial charge in [0.2, 0.25) is 0 Å². The maximum absolute atomic E-state index is 11.0. The first-order chi connectivity index (χ1) is 10.0. The lowest BCUT2D eigenvalue weighted by molar-refractivity contribution is -0.142. The molecule has 0 spiro atoms. The largest absolute Gasteiger partial charge is 0.496 e. The van der Waals surface area contributed by atoms with E-state index in [0.717, 1.165) is 48.1 Å². The summed E-state index contributed by atoms with van der Waals surface area (Å²) < 4.78 is 11.4. The first-order valence-electron chi connectivity index (χ1n) is 8.01. The topological polar surface area (TPSA) is 38.7 Å². The zero-order chi connectivity index (χ0) is 15.5. The van der Waals surface area contributed by atoms with Gasteiger partial charge in [0.15, 0.2) is 0 Å². The third kappa shape index (κ3) is 3.24. The van der Waals surface area contributed by atoms with E-state index < -0.39 is 11.7 Å². The summed E-state index contributed by atoms with van der Waals surface area (Å²) >= 11 is 0. The Morgan fingerprint density at radius 1 is 1.14 bits per heavy atom. The van der Waals surface area contributed by atoms with Crippen molar-refractivity contribution < 1.29 is 14.6 Å². The predicted octanol–water partition coefficient (Wildman–Crippen LogP) is 4.08. The Morgan fingerprint density at radius 2 is 1.81 bits per heavy atom. The summed E-state index contributed by atoms with van der Waals surface area (Å²) in [5.74, 6) is 0.873. The summed E-state index contributed by atoms with van der Waals surface area (Å²) in [6.07, 6.45) is 4.81. The molecule has 0 heterocycles. The van der Waals surface area contributed by atoms with Crippen molar-refractivity contribution in [1.82, 2.24) is 0 Å². The first-order valence-corrected chi connectivity index (χ1v) is 8.01. The van der Waals surface area contributed by atoms with Crippen LogP contribution in [-0.4, -0.2) is 24.4 Å². The van der Waals surface area contributed by atoms with E-state index in [0.29, 0.717) is 6.61 Å². The van der Waals surface area contributed by atoms with Crippen LogP contribution in [0.1, 0.15) is 61.8 Å². The summed E-state index contributed by atoms with van der Waals surface area (Å²) in [5.41, 5.74) is 2.68. The number of aryl methyl sites for hydroxylation is 2. The average molecular weight is 292 g/mol. The molecule has 0 aromatic heterocycles. The second kappa shape index (κ2) is 6.80. The molecule has 0 aliphatic heterocycles. The molecule has 2 rings (SSSR count). The van der Waals surface area contributed by atoms with E-state index in [9.17, 15) is 5.11 Å². The lowest BCUT2D eigenvalue weighted by Crippen LogP contribution is -2.41. The highest BCUT2D eigenvalue weighted by atomic mass is 16.5. The zero-order valence-corrected chi connectivity index (χ0v) is 13.7.